The van der Waals surface area contributed by atoms with Gasteiger partial charge in [-0.3, -0.25) is 10.9 Å². The highest BCUT2D eigenvalue weighted by Gasteiger charge is 2.28. The van der Waals surface area contributed by atoms with E-state index in [1.165, 1.54) is 6.07 Å². The van der Waals surface area contributed by atoms with E-state index in [2.05, 4.69) is 16.3 Å². The topological polar surface area (TPSA) is 54.5 Å². The van der Waals surface area contributed by atoms with Crippen molar-refractivity contribution in [2.45, 2.75) is 25.6 Å². The predicted octanol–water partition coefficient (Wildman–Crippen LogP) is 2.32. The smallest absolute Gasteiger partial charge is 0.422 e. The molecule has 0 aliphatic rings. The first-order valence-electron chi connectivity index (χ1n) is 6.99. The maximum absolute atomic E-state index is 12.1. The van der Waals surface area contributed by atoms with E-state index in [4.69, 9.17) is 9.57 Å². The summed E-state index contributed by atoms with van der Waals surface area (Å²) in [6, 6.07) is 6.52. The average Bonchev–Trinajstić information content (AvgIpc) is 2.48. The number of halogens is 3. The highest BCUT2D eigenvalue weighted by Crippen LogP contribution is 2.21. The van der Waals surface area contributed by atoms with Crippen LogP contribution in [0.2, 0.25) is 0 Å². The van der Waals surface area contributed by atoms with Crippen molar-refractivity contribution in [3.05, 3.63) is 29.8 Å². The van der Waals surface area contributed by atoms with Crippen molar-refractivity contribution in [3.8, 4) is 5.75 Å². The van der Waals surface area contributed by atoms with Gasteiger partial charge in [-0.05, 0) is 31.0 Å². The molecule has 1 unspecified atom stereocenters. The van der Waals surface area contributed by atoms with Crippen molar-refractivity contribution < 1.29 is 22.7 Å². The zero-order chi connectivity index (χ0) is 16.4. The lowest BCUT2D eigenvalue weighted by Gasteiger charge is -2.16. The van der Waals surface area contributed by atoms with Crippen LogP contribution in [-0.2, 0) is 4.84 Å². The summed E-state index contributed by atoms with van der Waals surface area (Å²) in [5, 5.41) is 0. The Labute approximate surface area is 128 Å². The van der Waals surface area contributed by atoms with E-state index in [1.54, 1.807) is 19.2 Å². The van der Waals surface area contributed by atoms with Gasteiger partial charge in [0.1, 0.15) is 5.75 Å². The third kappa shape index (κ3) is 8.18. The van der Waals surface area contributed by atoms with E-state index in [9.17, 15) is 13.2 Å². The summed E-state index contributed by atoms with van der Waals surface area (Å²) in [6.45, 7) is 1.90. The second kappa shape index (κ2) is 9.62. The monoisotopic (exact) mass is 321 g/mol. The van der Waals surface area contributed by atoms with E-state index in [1.807, 2.05) is 13.0 Å². The van der Waals surface area contributed by atoms with E-state index in [0.29, 0.717) is 13.2 Å². The van der Waals surface area contributed by atoms with Crippen LogP contribution in [0.4, 0.5) is 13.2 Å². The standard InChI is InChI=1S/C14H22F3N3O2/c1-11(20-19-7-4-8-22-18-2)12-5-3-6-13(9-12)21-10-14(15,16)17/h3,5-6,9,11,18-20H,4,7-8,10H2,1-2H3. The molecule has 1 rings (SSSR count). The largest absolute Gasteiger partial charge is 0.484 e. The van der Waals surface area contributed by atoms with E-state index in [0.717, 1.165) is 12.0 Å². The molecular weight excluding hydrogens is 299 g/mol. The third-order valence-electron chi connectivity index (χ3n) is 2.77. The fraction of sp³-hybridized carbons (Fsp3) is 0.571. The normalized spacial score (nSPS) is 13.1. The summed E-state index contributed by atoms with van der Waals surface area (Å²) in [6.07, 6.45) is -3.52. The SMILES string of the molecule is CNOCCCNNC(C)c1cccc(OCC(F)(F)F)c1. The molecule has 0 bridgehead atoms. The molecule has 0 amide bonds. The number of hydrazine groups is 1. The van der Waals surface area contributed by atoms with Gasteiger partial charge >= 0.3 is 6.18 Å². The molecule has 22 heavy (non-hydrogen) atoms. The number of nitrogens with one attached hydrogen (secondary N) is 3. The number of hydrogen-bond donors (Lipinski definition) is 3. The van der Waals surface area contributed by atoms with Crippen molar-refractivity contribution in [3.63, 3.8) is 0 Å². The lowest BCUT2D eigenvalue weighted by molar-refractivity contribution is -0.153. The molecule has 0 aliphatic carbocycles. The highest BCUT2D eigenvalue weighted by molar-refractivity contribution is 5.30. The maximum Gasteiger partial charge on any atom is 0.422 e. The summed E-state index contributed by atoms with van der Waals surface area (Å²) in [5.74, 6) is 0.200. The Morgan fingerprint density at radius 1 is 1.27 bits per heavy atom. The van der Waals surface area contributed by atoms with Crippen molar-refractivity contribution in [1.82, 2.24) is 16.3 Å². The molecule has 0 aliphatic heterocycles. The summed E-state index contributed by atoms with van der Waals surface area (Å²) >= 11 is 0. The van der Waals surface area contributed by atoms with Gasteiger partial charge in [-0.2, -0.15) is 13.2 Å². The first-order chi connectivity index (χ1) is 10.4. The van der Waals surface area contributed by atoms with Gasteiger partial charge in [-0.15, -0.1) is 0 Å². The minimum absolute atomic E-state index is 0.0698. The van der Waals surface area contributed by atoms with Crippen molar-refractivity contribution in [2.75, 3.05) is 26.8 Å². The Bertz CT molecular complexity index is 430. The number of benzene rings is 1. The number of hydrogen-bond acceptors (Lipinski definition) is 5. The van der Waals surface area contributed by atoms with Gasteiger partial charge in [0, 0.05) is 19.6 Å². The van der Waals surface area contributed by atoms with Gasteiger partial charge < -0.3 is 9.57 Å². The molecule has 5 nitrogen and oxygen atoms in total. The zero-order valence-corrected chi connectivity index (χ0v) is 12.7. The van der Waals surface area contributed by atoms with Crippen molar-refractivity contribution in [2.24, 2.45) is 0 Å². The van der Waals surface area contributed by atoms with Gasteiger partial charge in [0.15, 0.2) is 6.61 Å². The molecule has 0 fully saturated rings. The third-order valence-corrected chi connectivity index (χ3v) is 2.77. The van der Waals surface area contributed by atoms with Crippen LogP contribution in [0.5, 0.6) is 5.75 Å². The Kier molecular flexibility index (Phi) is 8.18. The van der Waals surface area contributed by atoms with Gasteiger partial charge in [0.05, 0.1) is 6.61 Å². The summed E-state index contributed by atoms with van der Waals surface area (Å²) in [7, 11) is 1.70. The Balaban J connectivity index is 2.37. The van der Waals surface area contributed by atoms with Crippen LogP contribution in [-0.4, -0.2) is 33.0 Å². The summed E-state index contributed by atoms with van der Waals surface area (Å²) in [5.41, 5.74) is 9.52. The molecule has 0 aromatic heterocycles. The highest BCUT2D eigenvalue weighted by atomic mass is 19.4. The number of hydroxylamine groups is 1. The quantitative estimate of drug-likeness (QED) is 0.456. The average molecular weight is 321 g/mol. The summed E-state index contributed by atoms with van der Waals surface area (Å²) < 4.78 is 41.1. The molecule has 0 spiro atoms. The zero-order valence-electron chi connectivity index (χ0n) is 12.7. The van der Waals surface area contributed by atoms with Crippen LogP contribution < -0.4 is 21.1 Å². The van der Waals surface area contributed by atoms with Crippen LogP contribution in [0.3, 0.4) is 0 Å². The van der Waals surface area contributed by atoms with Gasteiger partial charge in [-0.1, -0.05) is 12.1 Å². The molecule has 1 atom stereocenters. The molecule has 126 valence electrons. The van der Waals surface area contributed by atoms with Crippen LogP contribution >= 0.6 is 0 Å². The predicted molar refractivity (Wildman–Crippen MR) is 77.2 cm³/mol. The second-order valence-corrected chi connectivity index (χ2v) is 4.68. The van der Waals surface area contributed by atoms with Gasteiger partial charge in [-0.25, -0.2) is 5.48 Å². The minimum atomic E-state index is -4.34. The van der Waals surface area contributed by atoms with Crippen LogP contribution in [0.25, 0.3) is 0 Å². The minimum Gasteiger partial charge on any atom is -0.484 e. The Morgan fingerprint density at radius 3 is 2.73 bits per heavy atom. The fourth-order valence-corrected chi connectivity index (χ4v) is 1.68. The second-order valence-electron chi connectivity index (χ2n) is 4.68. The fourth-order valence-electron chi connectivity index (χ4n) is 1.68. The molecule has 0 radical (unpaired) electrons. The first kappa shape index (κ1) is 18.7. The van der Waals surface area contributed by atoms with Gasteiger partial charge in [0.25, 0.3) is 0 Å². The molecular formula is C14H22F3N3O2. The number of ether oxygens (including phenoxy) is 1. The van der Waals surface area contributed by atoms with Crippen LogP contribution in [0.15, 0.2) is 24.3 Å². The first-order valence-corrected chi connectivity index (χ1v) is 6.99. The maximum atomic E-state index is 12.1. The molecule has 8 heteroatoms. The lowest BCUT2D eigenvalue weighted by atomic mass is 10.1. The van der Waals surface area contributed by atoms with E-state index >= 15 is 0 Å². The van der Waals surface area contributed by atoms with E-state index in [-0.39, 0.29) is 11.8 Å². The molecule has 3 N–H and O–H groups in total. The molecule has 0 saturated carbocycles. The Hall–Kier alpha value is -1.35. The molecule has 0 saturated heterocycles. The lowest BCUT2D eigenvalue weighted by Crippen LogP contribution is -2.35. The summed E-state index contributed by atoms with van der Waals surface area (Å²) in [4.78, 5) is 4.97. The van der Waals surface area contributed by atoms with Gasteiger partial charge in [0.2, 0.25) is 0 Å². The van der Waals surface area contributed by atoms with Crippen LogP contribution in [0, 0.1) is 0 Å². The van der Waals surface area contributed by atoms with E-state index < -0.39 is 12.8 Å². The number of alkyl halides is 3. The molecule has 0 heterocycles. The van der Waals surface area contributed by atoms with Crippen molar-refractivity contribution >= 4 is 0 Å². The Morgan fingerprint density at radius 2 is 2.05 bits per heavy atom. The number of rotatable bonds is 10. The molecule has 1 aromatic rings. The van der Waals surface area contributed by atoms with Crippen LogP contribution in [0.1, 0.15) is 24.9 Å². The van der Waals surface area contributed by atoms with Crippen molar-refractivity contribution in [1.29, 1.82) is 0 Å². The molecule has 1 aromatic carbocycles.